The number of ether oxygens (including phenoxy) is 1. The van der Waals surface area contributed by atoms with Crippen molar-refractivity contribution >= 4 is 5.69 Å². The van der Waals surface area contributed by atoms with Gasteiger partial charge in [0.2, 0.25) is 0 Å². The van der Waals surface area contributed by atoms with Gasteiger partial charge < -0.3 is 10.1 Å². The van der Waals surface area contributed by atoms with Crippen LogP contribution < -0.4 is 10.1 Å². The Hall–Kier alpha value is -1.62. The van der Waals surface area contributed by atoms with Gasteiger partial charge >= 0.3 is 0 Å². The number of rotatable bonds is 4. The van der Waals surface area contributed by atoms with Crippen LogP contribution in [-0.2, 0) is 0 Å². The molecule has 2 nitrogen and oxygen atoms in total. The van der Waals surface area contributed by atoms with E-state index >= 15 is 0 Å². The average molecular weight is 203 g/mol. The number of anilines is 1. The largest absolute Gasteiger partial charge is 0.481 e. The van der Waals surface area contributed by atoms with E-state index in [0.29, 0.717) is 6.61 Å². The van der Waals surface area contributed by atoms with Gasteiger partial charge in [0, 0.05) is 25.2 Å². The van der Waals surface area contributed by atoms with Gasteiger partial charge in [-0.25, -0.2) is 0 Å². The molecule has 0 fully saturated rings. The summed E-state index contributed by atoms with van der Waals surface area (Å²) in [6.07, 6.45) is 2.04. The fourth-order valence-corrected chi connectivity index (χ4v) is 1.13. The van der Waals surface area contributed by atoms with Crippen molar-refractivity contribution in [3.8, 4) is 17.6 Å². The lowest BCUT2D eigenvalue weighted by atomic mass is 10.3. The fourth-order valence-electron chi connectivity index (χ4n) is 1.13. The molecule has 1 rings (SSSR count). The molecule has 0 aliphatic carbocycles. The normalized spacial score (nSPS) is 8.93. The molecule has 0 saturated heterocycles. The third-order valence-electron chi connectivity index (χ3n) is 1.93. The summed E-state index contributed by atoms with van der Waals surface area (Å²) in [5, 5.41) is 3.06. The molecule has 1 N–H and O–H groups in total. The van der Waals surface area contributed by atoms with E-state index in [1.807, 2.05) is 31.3 Å². The summed E-state index contributed by atoms with van der Waals surface area (Å²) < 4.78 is 5.48. The van der Waals surface area contributed by atoms with Crippen LogP contribution in [0.1, 0.15) is 19.8 Å². The van der Waals surface area contributed by atoms with E-state index in [1.54, 1.807) is 0 Å². The second-order valence-electron chi connectivity index (χ2n) is 3.17. The van der Waals surface area contributed by atoms with Gasteiger partial charge in [-0.1, -0.05) is 24.8 Å². The molecule has 2 heteroatoms. The Morgan fingerprint density at radius 3 is 2.93 bits per heavy atom. The highest BCUT2D eigenvalue weighted by Gasteiger charge is 1.92. The number of hydrogen-bond donors (Lipinski definition) is 1. The third kappa shape index (κ3) is 4.42. The molecule has 1 aromatic rings. The van der Waals surface area contributed by atoms with E-state index in [4.69, 9.17) is 4.74 Å². The molecule has 0 amide bonds. The van der Waals surface area contributed by atoms with Crippen molar-refractivity contribution in [2.75, 3.05) is 19.0 Å². The summed E-state index contributed by atoms with van der Waals surface area (Å²) in [5.74, 6) is 6.88. The number of hydrogen-bond acceptors (Lipinski definition) is 2. The lowest BCUT2D eigenvalue weighted by Crippen LogP contribution is -1.95. The standard InChI is InChI=1S/C13H17NO/c1-3-4-5-6-10-15-13-9-7-8-12(11-13)14-2/h7-9,11,14H,3-4,10H2,1-2H3. The maximum atomic E-state index is 5.48. The minimum atomic E-state index is 0.465. The number of benzene rings is 1. The minimum Gasteiger partial charge on any atom is -0.481 e. The van der Waals surface area contributed by atoms with Gasteiger partial charge in [-0.15, -0.1) is 0 Å². The van der Waals surface area contributed by atoms with Crippen molar-refractivity contribution in [2.24, 2.45) is 0 Å². The summed E-state index contributed by atoms with van der Waals surface area (Å²) in [7, 11) is 1.89. The van der Waals surface area contributed by atoms with Crippen LogP contribution in [0, 0.1) is 11.8 Å². The Morgan fingerprint density at radius 2 is 2.20 bits per heavy atom. The first-order valence-electron chi connectivity index (χ1n) is 5.23. The van der Waals surface area contributed by atoms with Crippen LogP contribution in [0.4, 0.5) is 5.69 Å². The van der Waals surface area contributed by atoms with E-state index in [9.17, 15) is 0 Å². The zero-order chi connectivity index (χ0) is 10.9. The topological polar surface area (TPSA) is 21.3 Å². The zero-order valence-electron chi connectivity index (χ0n) is 9.34. The first-order valence-corrected chi connectivity index (χ1v) is 5.23. The van der Waals surface area contributed by atoms with Crippen molar-refractivity contribution in [2.45, 2.75) is 19.8 Å². The molecule has 0 aliphatic rings. The van der Waals surface area contributed by atoms with Crippen LogP contribution in [0.25, 0.3) is 0 Å². The Bertz CT molecular complexity index is 349. The SMILES string of the molecule is CCCC#CCOc1cccc(NC)c1. The summed E-state index contributed by atoms with van der Waals surface area (Å²) in [6, 6.07) is 7.85. The van der Waals surface area contributed by atoms with Crippen LogP contribution in [0.3, 0.4) is 0 Å². The van der Waals surface area contributed by atoms with E-state index < -0.39 is 0 Å². The predicted octanol–water partition coefficient (Wildman–Crippen LogP) is 2.91. The lowest BCUT2D eigenvalue weighted by molar-refractivity contribution is 0.370. The molecule has 0 aliphatic heterocycles. The van der Waals surface area contributed by atoms with Gasteiger partial charge in [0.15, 0.2) is 0 Å². The van der Waals surface area contributed by atoms with Crippen molar-refractivity contribution in [1.29, 1.82) is 0 Å². The van der Waals surface area contributed by atoms with Crippen LogP contribution in [0.15, 0.2) is 24.3 Å². The molecule has 15 heavy (non-hydrogen) atoms. The molecule has 0 bridgehead atoms. The highest BCUT2D eigenvalue weighted by Crippen LogP contribution is 2.16. The summed E-state index contributed by atoms with van der Waals surface area (Å²) in [5.41, 5.74) is 1.05. The average Bonchev–Trinajstić information content (AvgIpc) is 2.29. The first kappa shape index (κ1) is 11.5. The lowest BCUT2D eigenvalue weighted by Gasteiger charge is -2.04. The van der Waals surface area contributed by atoms with E-state index in [2.05, 4.69) is 24.1 Å². The molecule has 1 aromatic carbocycles. The van der Waals surface area contributed by atoms with Crippen molar-refractivity contribution in [3.63, 3.8) is 0 Å². The number of unbranched alkanes of at least 4 members (excludes halogenated alkanes) is 1. The molecule has 0 unspecified atom stereocenters. The first-order chi connectivity index (χ1) is 7.36. The summed E-state index contributed by atoms with van der Waals surface area (Å²) in [4.78, 5) is 0. The van der Waals surface area contributed by atoms with Gasteiger partial charge in [0.1, 0.15) is 12.4 Å². The maximum Gasteiger partial charge on any atom is 0.149 e. The van der Waals surface area contributed by atoms with E-state index in [0.717, 1.165) is 24.3 Å². The predicted molar refractivity (Wildman–Crippen MR) is 64.2 cm³/mol. The number of nitrogens with one attached hydrogen (secondary N) is 1. The smallest absolute Gasteiger partial charge is 0.149 e. The van der Waals surface area contributed by atoms with E-state index in [1.165, 1.54) is 0 Å². The van der Waals surface area contributed by atoms with Crippen LogP contribution in [-0.4, -0.2) is 13.7 Å². The molecular formula is C13H17NO. The molecule has 0 heterocycles. The fraction of sp³-hybridized carbons (Fsp3) is 0.385. The van der Waals surface area contributed by atoms with Crippen LogP contribution >= 0.6 is 0 Å². The van der Waals surface area contributed by atoms with Crippen molar-refractivity contribution < 1.29 is 4.74 Å². The highest BCUT2D eigenvalue weighted by molar-refractivity contribution is 5.47. The van der Waals surface area contributed by atoms with Gasteiger partial charge in [0.05, 0.1) is 0 Å². The van der Waals surface area contributed by atoms with Crippen LogP contribution in [0.5, 0.6) is 5.75 Å². The molecular weight excluding hydrogens is 186 g/mol. The Labute approximate surface area is 91.6 Å². The van der Waals surface area contributed by atoms with Gasteiger partial charge in [0.25, 0.3) is 0 Å². The molecule has 0 atom stereocenters. The Morgan fingerprint density at radius 1 is 1.33 bits per heavy atom. The molecule has 0 aromatic heterocycles. The molecule has 0 saturated carbocycles. The van der Waals surface area contributed by atoms with Gasteiger partial charge in [-0.2, -0.15) is 0 Å². The second kappa shape index (κ2) is 6.78. The third-order valence-corrected chi connectivity index (χ3v) is 1.93. The van der Waals surface area contributed by atoms with Crippen molar-refractivity contribution in [1.82, 2.24) is 0 Å². The second-order valence-corrected chi connectivity index (χ2v) is 3.17. The van der Waals surface area contributed by atoms with Crippen LogP contribution in [0.2, 0.25) is 0 Å². The van der Waals surface area contributed by atoms with Crippen molar-refractivity contribution in [3.05, 3.63) is 24.3 Å². The monoisotopic (exact) mass is 203 g/mol. The summed E-state index contributed by atoms with van der Waals surface area (Å²) >= 11 is 0. The Balaban J connectivity index is 2.41. The Kier molecular flexibility index (Phi) is 5.18. The van der Waals surface area contributed by atoms with Gasteiger partial charge in [-0.05, 0) is 18.6 Å². The molecule has 80 valence electrons. The minimum absolute atomic E-state index is 0.465. The van der Waals surface area contributed by atoms with E-state index in [-0.39, 0.29) is 0 Å². The maximum absolute atomic E-state index is 5.48. The zero-order valence-corrected chi connectivity index (χ0v) is 9.34. The highest BCUT2D eigenvalue weighted by atomic mass is 16.5. The quantitative estimate of drug-likeness (QED) is 0.760. The molecule has 0 radical (unpaired) electrons. The molecule has 0 spiro atoms. The van der Waals surface area contributed by atoms with Gasteiger partial charge in [-0.3, -0.25) is 0 Å². The summed E-state index contributed by atoms with van der Waals surface area (Å²) in [6.45, 7) is 2.58.